The summed E-state index contributed by atoms with van der Waals surface area (Å²) in [4.78, 5) is 0. The third-order valence-electron chi connectivity index (χ3n) is 3.73. The Balaban J connectivity index is 3.04. The molecule has 0 aliphatic rings. The minimum Gasteiger partial charge on any atom is -0.493 e. The first-order chi connectivity index (χ1) is 9.55. The van der Waals surface area contributed by atoms with E-state index in [0.717, 1.165) is 18.9 Å². The molecule has 0 amide bonds. The van der Waals surface area contributed by atoms with Gasteiger partial charge < -0.3 is 10.1 Å². The molecule has 0 heterocycles. The molecule has 21 heavy (non-hydrogen) atoms. The molecule has 0 aromatic heterocycles. The summed E-state index contributed by atoms with van der Waals surface area (Å²) in [6.07, 6.45) is 0. The second-order valence-electron chi connectivity index (χ2n) is 8.18. The van der Waals surface area contributed by atoms with Gasteiger partial charge in [-0.2, -0.15) is 0 Å². The van der Waals surface area contributed by atoms with Crippen LogP contribution in [0.3, 0.4) is 0 Å². The van der Waals surface area contributed by atoms with Gasteiger partial charge in [-0.15, -0.1) is 0 Å². The third-order valence-corrected chi connectivity index (χ3v) is 3.73. The van der Waals surface area contributed by atoms with Crippen molar-refractivity contribution in [3.8, 4) is 5.75 Å². The lowest BCUT2D eigenvalue weighted by Crippen LogP contribution is -2.23. The number of benzene rings is 1. The van der Waals surface area contributed by atoms with E-state index >= 15 is 0 Å². The van der Waals surface area contributed by atoms with Gasteiger partial charge in [0.15, 0.2) is 0 Å². The molecule has 1 aromatic carbocycles. The summed E-state index contributed by atoms with van der Waals surface area (Å²) in [6.45, 7) is 17.4. The van der Waals surface area contributed by atoms with E-state index in [-0.39, 0.29) is 10.8 Å². The molecule has 1 unspecified atom stereocenters. The van der Waals surface area contributed by atoms with E-state index in [0.29, 0.717) is 5.92 Å². The SMILES string of the molecule is CNCC(C)COc1ccc(C(C)(C)C)cc1C(C)(C)C. The van der Waals surface area contributed by atoms with Crippen molar-refractivity contribution in [3.05, 3.63) is 29.3 Å². The molecule has 0 spiro atoms. The van der Waals surface area contributed by atoms with E-state index in [2.05, 4.69) is 72.0 Å². The molecule has 1 aromatic rings. The highest BCUT2D eigenvalue weighted by atomic mass is 16.5. The number of nitrogens with one attached hydrogen (secondary N) is 1. The Morgan fingerprint density at radius 3 is 2.14 bits per heavy atom. The Morgan fingerprint density at radius 1 is 1.05 bits per heavy atom. The zero-order valence-electron chi connectivity index (χ0n) is 15.1. The first-order valence-corrected chi connectivity index (χ1v) is 7.98. The fourth-order valence-corrected chi connectivity index (χ4v) is 2.35. The van der Waals surface area contributed by atoms with Crippen molar-refractivity contribution in [2.45, 2.75) is 59.3 Å². The van der Waals surface area contributed by atoms with E-state index in [1.165, 1.54) is 11.1 Å². The highest BCUT2D eigenvalue weighted by Crippen LogP contribution is 2.35. The van der Waals surface area contributed by atoms with Crippen LogP contribution in [0.1, 0.15) is 59.6 Å². The zero-order chi connectivity index (χ0) is 16.3. The Labute approximate surface area is 131 Å². The average molecular weight is 291 g/mol. The van der Waals surface area contributed by atoms with Crippen LogP contribution in [0, 0.1) is 5.92 Å². The van der Waals surface area contributed by atoms with Crippen LogP contribution in [0.15, 0.2) is 18.2 Å². The normalized spacial score (nSPS) is 14.1. The molecule has 120 valence electrons. The maximum Gasteiger partial charge on any atom is 0.123 e. The predicted octanol–water partition coefficient (Wildman–Crippen LogP) is 4.52. The Morgan fingerprint density at radius 2 is 1.67 bits per heavy atom. The predicted molar refractivity (Wildman–Crippen MR) is 92.4 cm³/mol. The van der Waals surface area contributed by atoms with E-state index in [1.807, 2.05) is 7.05 Å². The molecule has 0 fully saturated rings. The maximum atomic E-state index is 6.11. The Hall–Kier alpha value is -1.02. The molecular formula is C19H33NO. The minimum absolute atomic E-state index is 0.0861. The minimum atomic E-state index is 0.0861. The van der Waals surface area contributed by atoms with Crippen molar-refractivity contribution in [1.82, 2.24) is 5.32 Å². The third kappa shape index (κ3) is 5.35. The van der Waals surface area contributed by atoms with Gasteiger partial charge in [-0.05, 0) is 35.1 Å². The number of rotatable bonds is 5. The van der Waals surface area contributed by atoms with Crippen LogP contribution in [0.25, 0.3) is 0 Å². The number of ether oxygens (including phenoxy) is 1. The van der Waals surface area contributed by atoms with Crippen LogP contribution in [0.4, 0.5) is 0 Å². The van der Waals surface area contributed by atoms with E-state index in [1.54, 1.807) is 0 Å². The summed E-state index contributed by atoms with van der Waals surface area (Å²) in [7, 11) is 1.98. The lowest BCUT2D eigenvalue weighted by molar-refractivity contribution is 0.252. The molecule has 0 saturated heterocycles. The molecule has 0 saturated carbocycles. The molecule has 0 bridgehead atoms. The second kappa shape index (κ2) is 6.83. The number of hydrogen-bond donors (Lipinski definition) is 1. The van der Waals surface area contributed by atoms with Gasteiger partial charge >= 0.3 is 0 Å². The molecule has 0 aliphatic heterocycles. The molecule has 1 N–H and O–H groups in total. The molecule has 0 radical (unpaired) electrons. The van der Waals surface area contributed by atoms with Crippen LogP contribution in [0.5, 0.6) is 5.75 Å². The molecule has 0 aliphatic carbocycles. The number of hydrogen-bond acceptors (Lipinski definition) is 2. The van der Waals surface area contributed by atoms with Gasteiger partial charge in [-0.25, -0.2) is 0 Å². The summed E-state index contributed by atoms with van der Waals surface area (Å²) in [5, 5.41) is 3.20. The topological polar surface area (TPSA) is 21.3 Å². The van der Waals surface area contributed by atoms with Crippen LogP contribution >= 0.6 is 0 Å². The molecule has 1 atom stereocenters. The van der Waals surface area contributed by atoms with Crippen molar-refractivity contribution >= 4 is 0 Å². The molecular weight excluding hydrogens is 258 g/mol. The molecule has 1 rings (SSSR count). The Kier molecular flexibility index (Phi) is 5.86. The van der Waals surface area contributed by atoms with Gasteiger partial charge in [0.2, 0.25) is 0 Å². The molecule has 2 nitrogen and oxygen atoms in total. The smallest absolute Gasteiger partial charge is 0.123 e. The van der Waals surface area contributed by atoms with Crippen molar-refractivity contribution in [2.75, 3.05) is 20.2 Å². The van der Waals surface area contributed by atoms with Crippen LogP contribution in [-0.2, 0) is 10.8 Å². The summed E-state index contributed by atoms with van der Waals surface area (Å²) < 4.78 is 6.11. The van der Waals surface area contributed by atoms with Crippen molar-refractivity contribution < 1.29 is 4.74 Å². The largest absolute Gasteiger partial charge is 0.493 e. The van der Waals surface area contributed by atoms with Crippen molar-refractivity contribution in [3.63, 3.8) is 0 Å². The highest BCUT2D eigenvalue weighted by Gasteiger charge is 2.23. The average Bonchev–Trinajstić information content (AvgIpc) is 2.34. The van der Waals surface area contributed by atoms with Gasteiger partial charge in [0.1, 0.15) is 5.75 Å². The summed E-state index contributed by atoms with van der Waals surface area (Å²) in [5.41, 5.74) is 2.91. The van der Waals surface area contributed by atoms with Gasteiger partial charge in [0, 0.05) is 12.5 Å². The lowest BCUT2D eigenvalue weighted by atomic mass is 9.80. The molecule has 2 heteroatoms. The second-order valence-corrected chi connectivity index (χ2v) is 8.18. The first kappa shape index (κ1) is 18.0. The maximum absolute atomic E-state index is 6.11. The van der Waals surface area contributed by atoms with Gasteiger partial charge in [-0.3, -0.25) is 0 Å². The highest BCUT2D eigenvalue weighted by molar-refractivity contribution is 5.43. The van der Waals surface area contributed by atoms with Crippen LogP contribution in [-0.4, -0.2) is 20.2 Å². The zero-order valence-corrected chi connectivity index (χ0v) is 15.1. The quantitative estimate of drug-likeness (QED) is 0.861. The summed E-state index contributed by atoms with van der Waals surface area (Å²) in [5.74, 6) is 1.53. The van der Waals surface area contributed by atoms with Crippen LogP contribution in [0.2, 0.25) is 0 Å². The monoisotopic (exact) mass is 291 g/mol. The summed E-state index contributed by atoms with van der Waals surface area (Å²) in [6, 6.07) is 6.67. The van der Waals surface area contributed by atoms with Crippen molar-refractivity contribution in [1.29, 1.82) is 0 Å². The van der Waals surface area contributed by atoms with Crippen molar-refractivity contribution in [2.24, 2.45) is 5.92 Å². The summed E-state index contributed by atoms with van der Waals surface area (Å²) >= 11 is 0. The lowest BCUT2D eigenvalue weighted by Gasteiger charge is -2.27. The van der Waals surface area contributed by atoms with E-state index in [9.17, 15) is 0 Å². The first-order valence-electron chi connectivity index (χ1n) is 7.98. The Bertz CT molecular complexity index is 452. The fourth-order valence-electron chi connectivity index (χ4n) is 2.35. The fraction of sp³-hybridized carbons (Fsp3) is 0.684. The van der Waals surface area contributed by atoms with Gasteiger partial charge in [-0.1, -0.05) is 60.6 Å². The van der Waals surface area contributed by atoms with E-state index in [4.69, 9.17) is 4.74 Å². The standard InChI is InChI=1S/C19H33NO/c1-14(12-20-8)13-21-17-10-9-15(18(2,3)4)11-16(17)19(5,6)7/h9-11,14,20H,12-13H2,1-8H3. The van der Waals surface area contributed by atoms with E-state index < -0.39 is 0 Å². The van der Waals surface area contributed by atoms with Gasteiger partial charge in [0.25, 0.3) is 0 Å². The van der Waals surface area contributed by atoms with Gasteiger partial charge in [0.05, 0.1) is 6.61 Å². The van der Waals surface area contributed by atoms with Crippen LogP contribution < -0.4 is 10.1 Å².